The van der Waals surface area contributed by atoms with Crippen LogP contribution in [0.4, 0.5) is 11.4 Å². The summed E-state index contributed by atoms with van der Waals surface area (Å²) < 4.78 is 26.3. The number of hydrogen-bond donors (Lipinski definition) is 3. The highest BCUT2D eigenvalue weighted by Crippen LogP contribution is 2.16. The highest BCUT2D eigenvalue weighted by atomic mass is 35.5. The number of amides is 1. The van der Waals surface area contributed by atoms with Gasteiger partial charge in [-0.25, -0.2) is 8.42 Å². The van der Waals surface area contributed by atoms with E-state index in [1.165, 1.54) is 0 Å². The van der Waals surface area contributed by atoms with Gasteiger partial charge in [0.15, 0.2) is 0 Å². The van der Waals surface area contributed by atoms with Crippen molar-refractivity contribution in [2.24, 2.45) is 0 Å². The average molecular weight is 408 g/mol. The van der Waals surface area contributed by atoms with E-state index in [0.717, 1.165) is 24.5 Å². The number of carbonyl (C=O) groups excluding carboxylic acids is 1. The minimum absolute atomic E-state index is 0. The van der Waals surface area contributed by atoms with Crippen LogP contribution in [0, 0.1) is 0 Å². The topological polar surface area (TPSA) is 87.3 Å². The molecule has 3 N–H and O–H groups in total. The van der Waals surface area contributed by atoms with E-state index in [0.29, 0.717) is 24.2 Å². The van der Waals surface area contributed by atoms with Gasteiger partial charge in [-0.1, -0.05) is 13.3 Å². The van der Waals surface area contributed by atoms with E-state index in [2.05, 4.69) is 15.4 Å². The normalized spacial score (nSPS) is 17.4. The van der Waals surface area contributed by atoms with Crippen molar-refractivity contribution >= 4 is 51.5 Å². The minimum Gasteiger partial charge on any atom is -0.326 e. The molecule has 1 aliphatic rings. The highest BCUT2D eigenvalue weighted by molar-refractivity contribution is 7.99. The number of benzene rings is 1. The van der Waals surface area contributed by atoms with E-state index in [1.807, 2.05) is 18.7 Å². The number of carbonyl (C=O) groups is 1. The van der Waals surface area contributed by atoms with Gasteiger partial charge in [-0.05, 0) is 30.7 Å². The Morgan fingerprint density at radius 3 is 2.56 bits per heavy atom. The molecule has 1 aromatic rings. The summed E-state index contributed by atoms with van der Waals surface area (Å²) in [4.78, 5) is 12.0. The van der Waals surface area contributed by atoms with E-state index in [-0.39, 0.29) is 30.1 Å². The standard InChI is InChI=1S/C16H25N3O3S2.ClH/c1-2-3-10-24(21,22)19-14-6-4-13(5-7-14)18-16(20)11-15-12-23-9-8-17-15;/h4-7,15,17,19H,2-3,8-12H2,1H3,(H,18,20);1H. The van der Waals surface area contributed by atoms with Crippen molar-refractivity contribution in [2.45, 2.75) is 32.2 Å². The second kappa shape index (κ2) is 10.9. The second-order valence-electron chi connectivity index (χ2n) is 5.83. The largest absolute Gasteiger partial charge is 0.326 e. The number of unbranched alkanes of at least 4 members (excludes halogenated alkanes) is 1. The Hall–Kier alpha value is -0.960. The Morgan fingerprint density at radius 2 is 1.96 bits per heavy atom. The van der Waals surface area contributed by atoms with E-state index >= 15 is 0 Å². The molecule has 1 fully saturated rings. The second-order valence-corrected chi connectivity index (χ2v) is 8.82. The lowest BCUT2D eigenvalue weighted by Gasteiger charge is -2.22. The summed E-state index contributed by atoms with van der Waals surface area (Å²) in [5.41, 5.74) is 1.18. The van der Waals surface area contributed by atoms with Crippen molar-refractivity contribution in [1.82, 2.24) is 5.32 Å². The molecule has 0 aromatic heterocycles. The summed E-state index contributed by atoms with van der Waals surface area (Å²) >= 11 is 1.86. The maximum atomic E-state index is 12.0. The summed E-state index contributed by atoms with van der Waals surface area (Å²) in [6, 6.07) is 6.95. The van der Waals surface area contributed by atoms with Crippen LogP contribution in [0.1, 0.15) is 26.2 Å². The molecule has 1 unspecified atom stereocenters. The molecule has 0 radical (unpaired) electrons. The van der Waals surface area contributed by atoms with Crippen LogP contribution < -0.4 is 15.4 Å². The first-order valence-electron chi connectivity index (χ1n) is 8.20. The molecule has 1 atom stereocenters. The summed E-state index contributed by atoms with van der Waals surface area (Å²) in [6.45, 7) is 2.89. The van der Waals surface area contributed by atoms with Gasteiger partial charge >= 0.3 is 0 Å². The van der Waals surface area contributed by atoms with Crippen molar-refractivity contribution in [3.8, 4) is 0 Å². The van der Waals surface area contributed by atoms with Gasteiger partial charge in [0.25, 0.3) is 0 Å². The molecule has 1 amide bonds. The van der Waals surface area contributed by atoms with Gasteiger partial charge in [0.05, 0.1) is 5.75 Å². The zero-order valence-corrected chi connectivity index (χ0v) is 16.7. The molecule has 2 rings (SSSR count). The zero-order chi connectivity index (χ0) is 17.4. The van der Waals surface area contributed by atoms with Gasteiger partial charge in [-0.3, -0.25) is 9.52 Å². The fraction of sp³-hybridized carbons (Fsp3) is 0.562. The maximum Gasteiger partial charge on any atom is 0.232 e. The van der Waals surface area contributed by atoms with E-state index in [1.54, 1.807) is 24.3 Å². The minimum atomic E-state index is -3.30. The molecule has 6 nitrogen and oxygen atoms in total. The van der Waals surface area contributed by atoms with E-state index in [9.17, 15) is 13.2 Å². The van der Waals surface area contributed by atoms with Gasteiger partial charge in [0.1, 0.15) is 0 Å². The monoisotopic (exact) mass is 407 g/mol. The van der Waals surface area contributed by atoms with Crippen molar-refractivity contribution in [3.05, 3.63) is 24.3 Å². The third-order valence-electron chi connectivity index (χ3n) is 3.64. The Morgan fingerprint density at radius 1 is 1.28 bits per heavy atom. The summed E-state index contributed by atoms with van der Waals surface area (Å²) in [5.74, 6) is 2.12. The number of halogens is 1. The first-order valence-corrected chi connectivity index (χ1v) is 11.0. The first kappa shape index (κ1) is 22.1. The molecule has 1 saturated heterocycles. The van der Waals surface area contributed by atoms with Gasteiger partial charge in [-0.15, -0.1) is 12.4 Å². The van der Waals surface area contributed by atoms with Crippen LogP contribution in [0.25, 0.3) is 0 Å². The zero-order valence-electron chi connectivity index (χ0n) is 14.3. The summed E-state index contributed by atoms with van der Waals surface area (Å²) in [7, 11) is -3.30. The van der Waals surface area contributed by atoms with Gasteiger partial charge in [0, 0.05) is 41.9 Å². The third kappa shape index (κ3) is 8.31. The molecule has 1 heterocycles. The highest BCUT2D eigenvalue weighted by Gasteiger charge is 2.16. The maximum absolute atomic E-state index is 12.0. The summed E-state index contributed by atoms with van der Waals surface area (Å²) in [5, 5.41) is 6.18. The lowest BCUT2D eigenvalue weighted by atomic mass is 10.2. The molecule has 0 saturated carbocycles. The van der Waals surface area contributed by atoms with Crippen molar-refractivity contribution in [2.75, 3.05) is 33.8 Å². The van der Waals surface area contributed by atoms with Crippen LogP contribution in [0.3, 0.4) is 0 Å². The molecule has 25 heavy (non-hydrogen) atoms. The lowest BCUT2D eigenvalue weighted by Crippen LogP contribution is -2.39. The van der Waals surface area contributed by atoms with Crippen LogP contribution in [0.5, 0.6) is 0 Å². The first-order chi connectivity index (χ1) is 11.5. The van der Waals surface area contributed by atoms with Gasteiger partial charge in [-0.2, -0.15) is 11.8 Å². The van der Waals surface area contributed by atoms with Crippen LogP contribution >= 0.6 is 24.2 Å². The molecule has 0 aliphatic carbocycles. The molecule has 0 bridgehead atoms. The molecule has 1 aromatic carbocycles. The van der Waals surface area contributed by atoms with Crippen molar-refractivity contribution < 1.29 is 13.2 Å². The smallest absolute Gasteiger partial charge is 0.232 e. The summed E-state index contributed by atoms with van der Waals surface area (Å²) in [6.07, 6.45) is 1.91. The predicted octanol–water partition coefficient (Wildman–Crippen LogP) is 2.68. The Bertz CT molecular complexity index is 633. The molecular formula is C16H26ClN3O3S2. The van der Waals surface area contributed by atoms with Crippen molar-refractivity contribution in [1.29, 1.82) is 0 Å². The Kier molecular flexibility index (Phi) is 9.63. The van der Waals surface area contributed by atoms with Gasteiger partial charge in [0.2, 0.25) is 15.9 Å². The molecule has 142 valence electrons. The fourth-order valence-electron chi connectivity index (χ4n) is 2.37. The third-order valence-corrected chi connectivity index (χ3v) is 6.14. The number of nitrogens with one attached hydrogen (secondary N) is 3. The lowest BCUT2D eigenvalue weighted by molar-refractivity contribution is -0.116. The SMILES string of the molecule is CCCCS(=O)(=O)Nc1ccc(NC(=O)CC2CSCCN2)cc1.Cl. The van der Waals surface area contributed by atoms with Crippen LogP contribution in [0.2, 0.25) is 0 Å². The van der Waals surface area contributed by atoms with Crippen molar-refractivity contribution in [3.63, 3.8) is 0 Å². The molecule has 1 aliphatic heterocycles. The number of rotatable bonds is 8. The van der Waals surface area contributed by atoms with Crippen LogP contribution in [0.15, 0.2) is 24.3 Å². The average Bonchev–Trinajstić information content (AvgIpc) is 2.55. The molecule has 0 spiro atoms. The van der Waals surface area contributed by atoms with E-state index in [4.69, 9.17) is 0 Å². The van der Waals surface area contributed by atoms with Crippen LogP contribution in [-0.4, -0.2) is 44.2 Å². The predicted molar refractivity (Wildman–Crippen MR) is 108 cm³/mol. The van der Waals surface area contributed by atoms with E-state index < -0.39 is 10.0 Å². The van der Waals surface area contributed by atoms with Gasteiger partial charge < -0.3 is 10.6 Å². The Balaban J connectivity index is 0.00000312. The quantitative estimate of drug-likeness (QED) is 0.616. The number of hydrogen-bond acceptors (Lipinski definition) is 5. The number of anilines is 2. The number of sulfonamides is 1. The Labute approximate surface area is 160 Å². The molecule has 9 heteroatoms. The van der Waals surface area contributed by atoms with Crippen LogP contribution in [-0.2, 0) is 14.8 Å². The molecular weight excluding hydrogens is 382 g/mol. The fourth-order valence-corrected chi connectivity index (χ4v) is 4.59. The number of thioether (sulfide) groups is 1.